The number of phenolic OH excluding ortho intramolecular Hbond substituents is 1. The van der Waals surface area contributed by atoms with Gasteiger partial charge in [0.05, 0.1) is 19.3 Å². The van der Waals surface area contributed by atoms with E-state index in [2.05, 4.69) is 10.2 Å². The number of benzene rings is 2. The number of aromatic hydroxyl groups is 1. The van der Waals surface area contributed by atoms with Crippen LogP contribution in [0.3, 0.4) is 0 Å². The number of amides is 1. The number of fused-ring (bicyclic) bond motifs is 1. The highest BCUT2D eigenvalue weighted by molar-refractivity contribution is 6.00. The zero-order valence-electron chi connectivity index (χ0n) is 16.7. The lowest BCUT2D eigenvalue weighted by molar-refractivity contribution is 0.0495. The van der Waals surface area contributed by atoms with Crippen molar-refractivity contribution in [2.45, 2.75) is 25.0 Å². The summed E-state index contributed by atoms with van der Waals surface area (Å²) >= 11 is 0. The van der Waals surface area contributed by atoms with Crippen LogP contribution in [0.5, 0.6) is 11.5 Å². The standard InChI is InChI=1S/C23H23N3O4/c1-29-15-10-8-14(9-11-15)22-19-20(17-6-2-3-7-18(17)27)24-25-21(19)23(28)26(22)13-16-5-4-12-30-16/h2-3,6-11,16,22,27H,4-5,12-13H2,1H3,(H,24,25)/t16-,22+/m1/s1. The van der Waals surface area contributed by atoms with Gasteiger partial charge in [0, 0.05) is 24.3 Å². The van der Waals surface area contributed by atoms with E-state index >= 15 is 0 Å². The number of hydrogen-bond acceptors (Lipinski definition) is 5. The van der Waals surface area contributed by atoms with E-state index in [1.165, 1.54) is 0 Å². The second-order valence-corrected chi connectivity index (χ2v) is 7.65. The van der Waals surface area contributed by atoms with Crippen LogP contribution in [0.2, 0.25) is 0 Å². The van der Waals surface area contributed by atoms with Gasteiger partial charge in [0.25, 0.3) is 5.91 Å². The molecule has 0 spiro atoms. The van der Waals surface area contributed by atoms with E-state index in [0.717, 1.165) is 36.3 Å². The number of aromatic nitrogens is 2. The van der Waals surface area contributed by atoms with Gasteiger partial charge in [-0.3, -0.25) is 9.89 Å². The Balaban J connectivity index is 1.62. The van der Waals surface area contributed by atoms with Crippen LogP contribution in [-0.4, -0.2) is 52.5 Å². The van der Waals surface area contributed by atoms with Crippen molar-refractivity contribution in [1.29, 1.82) is 0 Å². The summed E-state index contributed by atoms with van der Waals surface area (Å²) < 4.78 is 11.1. The predicted molar refractivity (Wildman–Crippen MR) is 111 cm³/mol. The van der Waals surface area contributed by atoms with Crippen LogP contribution in [0.1, 0.15) is 40.5 Å². The Morgan fingerprint density at radius 2 is 2.03 bits per heavy atom. The van der Waals surface area contributed by atoms with Gasteiger partial charge in [-0.2, -0.15) is 5.10 Å². The number of hydrogen-bond donors (Lipinski definition) is 2. The summed E-state index contributed by atoms with van der Waals surface area (Å²) in [7, 11) is 1.63. The molecule has 0 saturated carbocycles. The van der Waals surface area contributed by atoms with E-state index in [4.69, 9.17) is 9.47 Å². The summed E-state index contributed by atoms with van der Waals surface area (Å²) in [5.74, 6) is 0.780. The van der Waals surface area contributed by atoms with E-state index in [0.29, 0.717) is 23.5 Å². The van der Waals surface area contributed by atoms with Crippen LogP contribution in [0.15, 0.2) is 48.5 Å². The van der Waals surface area contributed by atoms with Gasteiger partial charge in [0.15, 0.2) is 0 Å². The van der Waals surface area contributed by atoms with Crippen LogP contribution < -0.4 is 4.74 Å². The highest BCUT2D eigenvalue weighted by Crippen LogP contribution is 2.44. The normalized spacial score (nSPS) is 20.6. The molecule has 7 heteroatoms. The van der Waals surface area contributed by atoms with E-state index < -0.39 is 0 Å². The number of aromatic amines is 1. The summed E-state index contributed by atoms with van der Waals surface area (Å²) in [5, 5.41) is 17.7. The second kappa shape index (κ2) is 7.50. The molecule has 3 aromatic rings. The second-order valence-electron chi connectivity index (χ2n) is 7.65. The summed E-state index contributed by atoms with van der Waals surface area (Å²) in [5.41, 5.74) is 3.39. The Hall–Kier alpha value is -3.32. The molecule has 154 valence electrons. The fraction of sp³-hybridized carbons (Fsp3) is 0.304. The number of phenols is 1. The SMILES string of the molecule is COc1ccc([C@H]2c3c(-c4ccccc4O)n[nH]c3C(=O)N2C[C@H]2CCCO2)cc1. The highest BCUT2D eigenvalue weighted by Gasteiger charge is 2.43. The van der Waals surface area contributed by atoms with Crippen molar-refractivity contribution in [3.8, 4) is 22.8 Å². The number of nitrogens with zero attached hydrogens (tertiary/aromatic N) is 2. The van der Waals surface area contributed by atoms with Crippen molar-refractivity contribution in [2.75, 3.05) is 20.3 Å². The number of ether oxygens (including phenoxy) is 2. The first kappa shape index (κ1) is 18.7. The number of methoxy groups -OCH3 is 1. The zero-order chi connectivity index (χ0) is 20.7. The molecule has 0 radical (unpaired) electrons. The van der Waals surface area contributed by atoms with Crippen molar-refractivity contribution in [3.63, 3.8) is 0 Å². The van der Waals surface area contributed by atoms with Gasteiger partial charge < -0.3 is 19.5 Å². The lowest BCUT2D eigenvalue weighted by Crippen LogP contribution is -2.36. The largest absolute Gasteiger partial charge is 0.507 e. The minimum absolute atomic E-state index is 0.0280. The minimum Gasteiger partial charge on any atom is -0.507 e. The van der Waals surface area contributed by atoms with Gasteiger partial charge in [-0.25, -0.2) is 0 Å². The van der Waals surface area contributed by atoms with Crippen LogP contribution in [0, 0.1) is 0 Å². The van der Waals surface area contributed by atoms with Crippen LogP contribution in [0.25, 0.3) is 11.3 Å². The van der Waals surface area contributed by atoms with E-state index in [-0.39, 0.29) is 23.8 Å². The number of nitrogens with one attached hydrogen (secondary N) is 1. The molecule has 2 aromatic carbocycles. The molecule has 1 amide bonds. The highest BCUT2D eigenvalue weighted by atomic mass is 16.5. The van der Waals surface area contributed by atoms with Crippen molar-refractivity contribution in [3.05, 3.63) is 65.4 Å². The van der Waals surface area contributed by atoms with E-state index in [1.807, 2.05) is 41.3 Å². The molecular weight excluding hydrogens is 382 g/mol. The number of carbonyl (C=O) groups is 1. The summed E-state index contributed by atoms with van der Waals surface area (Å²) in [6, 6.07) is 14.4. The molecule has 7 nitrogen and oxygen atoms in total. The van der Waals surface area contributed by atoms with Crippen molar-refractivity contribution < 1.29 is 19.4 Å². The molecule has 1 aromatic heterocycles. The van der Waals surface area contributed by atoms with Crippen LogP contribution >= 0.6 is 0 Å². The molecule has 5 rings (SSSR count). The Kier molecular flexibility index (Phi) is 4.67. The maximum absolute atomic E-state index is 13.3. The first-order valence-corrected chi connectivity index (χ1v) is 10.1. The molecule has 3 heterocycles. The molecule has 0 aliphatic carbocycles. The minimum atomic E-state index is -0.323. The van der Waals surface area contributed by atoms with Gasteiger partial charge in [-0.1, -0.05) is 24.3 Å². The predicted octanol–water partition coefficient (Wildman–Crippen LogP) is 3.52. The molecule has 2 atom stereocenters. The van der Waals surface area contributed by atoms with E-state index in [9.17, 15) is 9.90 Å². The monoisotopic (exact) mass is 405 g/mol. The molecule has 2 aliphatic heterocycles. The zero-order valence-corrected chi connectivity index (χ0v) is 16.7. The van der Waals surface area contributed by atoms with Gasteiger partial charge in [0.1, 0.15) is 22.9 Å². The van der Waals surface area contributed by atoms with Crippen molar-refractivity contribution >= 4 is 5.91 Å². The van der Waals surface area contributed by atoms with Gasteiger partial charge in [0.2, 0.25) is 0 Å². The molecule has 1 fully saturated rings. The molecule has 1 saturated heterocycles. The van der Waals surface area contributed by atoms with Gasteiger partial charge >= 0.3 is 0 Å². The molecular formula is C23H23N3O4. The van der Waals surface area contributed by atoms with Gasteiger partial charge in [-0.05, 0) is 42.7 Å². The van der Waals surface area contributed by atoms with Crippen molar-refractivity contribution in [1.82, 2.24) is 15.1 Å². The number of carbonyl (C=O) groups excluding carboxylic acids is 1. The van der Waals surface area contributed by atoms with Crippen LogP contribution in [-0.2, 0) is 4.74 Å². The molecule has 0 unspecified atom stereocenters. The molecule has 2 N–H and O–H groups in total. The number of para-hydroxylation sites is 1. The molecule has 30 heavy (non-hydrogen) atoms. The number of rotatable bonds is 5. The molecule has 0 bridgehead atoms. The Morgan fingerprint density at radius 1 is 1.23 bits per heavy atom. The maximum atomic E-state index is 13.3. The quantitative estimate of drug-likeness (QED) is 0.678. The fourth-order valence-electron chi connectivity index (χ4n) is 4.40. The smallest absolute Gasteiger partial charge is 0.273 e. The summed E-state index contributed by atoms with van der Waals surface area (Å²) in [6.45, 7) is 1.24. The summed E-state index contributed by atoms with van der Waals surface area (Å²) in [4.78, 5) is 15.2. The third kappa shape index (κ3) is 3.02. The van der Waals surface area contributed by atoms with Gasteiger partial charge in [-0.15, -0.1) is 0 Å². The fourth-order valence-corrected chi connectivity index (χ4v) is 4.40. The average Bonchev–Trinajstić information content (AvgIpc) is 3.49. The Morgan fingerprint density at radius 3 is 2.73 bits per heavy atom. The number of H-pyrrole nitrogens is 1. The third-order valence-electron chi connectivity index (χ3n) is 5.88. The van der Waals surface area contributed by atoms with Crippen LogP contribution in [0.4, 0.5) is 0 Å². The first-order valence-electron chi connectivity index (χ1n) is 10.1. The molecule has 2 aliphatic rings. The Bertz CT molecular complexity index is 1070. The first-order chi connectivity index (χ1) is 14.7. The average molecular weight is 405 g/mol. The topological polar surface area (TPSA) is 87.7 Å². The van der Waals surface area contributed by atoms with E-state index in [1.54, 1.807) is 19.2 Å². The van der Waals surface area contributed by atoms with Crippen molar-refractivity contribution in [2.24, 2.45) is 0 Å². The maximum Gasteiger partial charge on any atom is 0.273 e. The summed E-state index contributed by atoms with van der Waals surface area (Å²) in [6.07, 6.45) is 1.98. The lowest BCUT2D eigenvalue weighted by atomic mass is 9.95. The lowest BCUT2D eigenvalue weighted by Gasteiger charge is -2.28. The Labute approximate surface area is 174 Å². The third-order valence-corrected chi connectivity index (χ3v) is 5.88.